The first-order valence-electron chi connectivity index (χ1n) is 10.4. The van der Waals surface area contributed by atoms with Crippen LogP contribution in [-0.2, 0) is 21.2 Å². The molecule has 1 fully saturated rings. The van der Waals surface area contributed by atoms with Gasteiger partial charge in [0.15, 0.2) is 0 Å². The van der Waals surface area contributed by atoms with Crippen molar-refractivity contribution in [3.05, 3.63) is 53.7 Å². The van der Waals surface area contributed by atoms with E-state index in [1.165, 1.54) is 24.6 Å². The lowest BCUT2D eigenvalue weighted by molar-refractivity contribution is -0.131. The summed E-state index contributed by atoms with van der Waals surface area (Å²) in [5, 5.41) is 1.05. The normalized spacial score (nSPS) is 15.2. The van der Waals surface area contributed by atoms with Gasteiger partial charge in [-0.15, -0.1) is 0 Å². The highest BCUT2D eigenvalue weighted by Crippen LogP contribution is 2.31. The van der Waals surface area contributed by atoms with E-state index in [2.05, 4.69) is 4.98 Å². The van der Waals surface area contributed by atoms with Crippen LogP contribution in [0.1, 0.15) is 11.3 Å². The summed E-state index contributed by atoms with van der Waals surface area (Å²) in [4.78, 5) is 18.1. The molecule has 4 rings (SSSR count). The Hall–Kier alpha value is -3.04. The van der Waals surface area contributed by atoms with Gasteiger partial charge in [0, 0.05) is 48.8 Å². The average molecular weight is 458 g/mol. The maximum atomic E-state index is 13.2. The SMILES string of the molecule is COc1ccc(OC)c(S(=O)(=O)N2CCN(C(=O)Cc3c(C)[nH]c4ccccc34)CC2)c1. The third kappa shape index (κ3) is 4.05. The number of aromatic amines is 1. The number of aryl methyl sites for hydroxylation is 1. The molecule has 0 saturated carbocycles. The van der Waals surface area contributed by atoms with E-state index in [4.69, 9.17) is 9.47 Å². The summed E-state index contributed by atoms with van der Waals surface area (Å²) in [5.41, 5.74) is 2.98. The van der Waals surface area contributed by atoms with E-state index in [0.717, 1.165) is 22.2 Å². The Kier molecular flexibility index (Phi) is 6.12. The predicted octanol–water partition coefficient (Wildman–Crippen LogP) is 2.57. The molecule has 0 bridgehead atoms. The van der Waals surface area contributed by atoms with Gasteiger partial charge >= 0.3 is 0 Å². The van der Waals surface area contributed by atoms with E-state index in [-0.39, 0.29) is 36.1 Å². The molecule has 32 heavy (non-hydrogen) atoms. The topological polar surface area (TPSA) is 91.9 Å². The first kappa shape index (κ1) is 22.2. The highest BCUT2D eigenvalue weighted by molar-refractivity contribution is 7.89. The van der Waals surface area contributed by atoms with Crippen molar-refractivity contribution in [2.45, 2.75) is 18.2 Å². The molecule has 0 atom stereocenters. The Morgan fingerprint density at radius 3 is 2.44 bits per heavy atom. The van der Waals surface area contributed by atoms with Crippen molar-refractivity contribution in [3.63, 3.8) is 0 Å². The number of nitrogens with zero attached hydrogens (tertiary/aromatic N) is 2. The lowest BCUT2D eigenvalue weighted by Crippen LogP contribution is -2.50. The van der Waals surface area contributed by atoms with Crippen molar-refractivity contribution in [2.24, 2.45) is 0 Å². The van der Waals surface area contributed by atoms with Crippen molar-refractivity contribution in [3.8, 4) is 11.5 Å². The molecule has 1 N–H and O–H groups in total. The first-order valence-corrected chi connectivity index (χ1v) is 11.8. The highest BCUT2D eigenvalue weighted by Gasteiger charge is 2.32. The number of hydrogen-bond acceptors (Lipinski definition) is 5. The average Bonchev–Trinajstić information content (AvgIpc) is 3.13. The molecule has 0 aliphatic carbocycles. The van der Waals surface area contributed by atoms with Crippen LogP contribution in [0.4, 0.5) is 0 Å². The van der Waals surface area contributed by atoms with Crippen LogP contribution >= 0.6 is 0 Å². The third-order valence-electron chi connectivity index (χ3n) is 5.93. The van der Waals surface area contributed by atoms with Crippen molar-refractivity contribution in [1.82, 2.24) is 14.2 Å². The second-order valence-corrected chi connectivity index (χ2v) is 9.66. The summed E-state index contributed by atoms with van der Waals surface area (Å²) in [5.74, 6) is 0.695. The number of piperazine rings is 1. The Morgan fingerprint density at radius 2 is 1.75 bits per heavy atom. The molecule has 1 saturated heterocycles. The fourth-order valence-electron chi connectivity index (χ4n) is 4.13. The number of sulfonamides is 1. The quantitative estimate of drug-likeness (QED) is 0.614. The van der Waals surface area contributed by atoms with Crippen molar-refractivity contribution < 1.29 is 22.7 Å². The van der Waals surface area contributed by atoms with Gasteiger partial charge in [-0.25, -0.2) is 8.42 Å². The van der Waals surface area contributed by atoms with Crippen LogP contribution in [0, 0.1) is 6.92 Å². The van der Waals surface area contributed by atoms with Gasteiger partial charge < -0.3 is 19.4 Å². The molecule has 9 heteroatoms. The molecule has 2 heterocycles. The molecule has 170 valence electrons. The number of hydrogen-bond donors (Lipinski definition) is 1. The van der Waals surface area contributed by atoms with E-state index in [0.29, 0.717) is 18.8 Å². The zero-order valence-electron chi connectivity index (χ0n) is 18.4. The van der Waals surface area contributed by atoms with Crippen molar-refractivity contribution in [1.29, 1.82) is 0 Å². The van der Waals surface area contributed by atoms with E-state index in [1.54, 1.807) is 17.0 Å². The summed E-state index contributed by atoms with van der Waals surface area (Å²) in [7, 11) is -0.868. The number of fused-ring (bicyclic) bond motifs is 1. The molecule has 1 aliphatic heterocycles. The molecule has 0 unspecified atom stereocenters. The smallest absolute Gasteiger partial charge is 0.247 e. The number of nitrogens with one attached hydrogen (secondary N) is 1. The van der Waals surface area contributed by atoms with Crippen molar-refractivity contribution >= 4 is 26.8 Å². The molecule has 8 nitrogen and oxygen atoms in total. The number of methoxy groups -OCH3 is 2. The van der Waals surface area contributed by atoms with E-state index < -0.39 is 10.0 Å². The van der Waals surface area contributed by atoms with Crippen LogP contribution in [0.25, 0.3) is 10.9 Å². The minimum Gasteiger partial charge on any atom is -0.497 e. The zero-order valence-corrected chi connectivity index (χ0v) is 19.2. The molecule has 1 aromatic heterocycles. The highest BCUT2D eigenvalue weighted by atomic mass is 32.2. The molecule has 0 spiro atoms. The van der Waals surface area contributed by atoms with Gasteiger partial charge in [-0.1, -0.05) is 18.2 Å². The molecule has 1 aliphatic rings. The first-order chi connectivity index (χ1) is 15.3. The lowest BCUT2D eigenvalue weighted by atomic mass is 10.1. The molecule has 3 aromatic rings. The second kappa shape index (κ2) is 8.84. The van der Waals surface area contributed by atoms with Gasteiger partial charge in [0.2, 0.25) is 15.9 Å². The Labute approximate surface area is 187 Å². The molecular formula is C23H27N3O5S. The number of para-hydroxylation sites is 1. The number of aromatic nitrogens is 1. The van der Waals surface area contributed by atoms with Crippen LogP contribution < -0.4 is 9.47 Å². The maximum absolute atomic E-state index is 13.2. The number of ether oxygens (including phenoxy) is 2. The van der Waals surface area contributed by atoms with Crippen LogP contribution in [-0.4, -0.2) is 68.9 Å². The maximum Gasteiger partial charge on any atom is 0.247 e. The fourth-order valence-corrected chi connectivity index (χ4v) is 5.72. The van der Waals surface area contributed by atoms with E-state index in [1.807, 2.05) is 31.2 Å². The lowest BCUT2D eigenvalue weighted by Gasteiger charge is -2.34. The number of benzene rings is 2. The predicted molar refractivity (Wildman–Crippen MR) is 122 cm³/mol. The van der Waals surface area contributed by atoms with E-state index in [9.17, 15) is 13.2 Å². The summed E-state index contributed by atoms with van der Waals surface area (Å²) < 4.78 is 38.3. The standard InChI is InChI=1S/C23H27N3O5S/c1-16-19(18-6-4-5-7-20(18)24-16)15-23(27)25-10-12-26(13-11-25)32(28,29)22-14-17(30-2)8-9-21(22)31-3/h4-9,14,24H,10-13,15H2,1-3H3. The Bertz CT molecular complexity index is 1240. The van der Waals surface area contributed by atoms with Crippen LogP contribution in [0.2, 0.25) is 0 Å². The van der Waals surface area contributed by atoms with Crippen LogP contribution in [0.5, 0.6) is 11.5 Å². The van der Waals surface area contributed by atoms with Crippen LogP contribution in [0.15, 0.2) is 47.4 Å². The summed E-state index contributed by atoms with van der Waals surface area (Å²) in [6.07, 6.45) is 0.284. The summed E-state index contributed by atoms with van der Waals surface area (Å²) >= 11 is 0. The van der Waals surface area contributed by atoms with Gasteiger partial charge in [-0.2, -0.15) is 4.31 Å². The Balaban J connectivity index is 1.47. The largest absolute Gasteiger partial charge is 0.497 e. The number of rotatable bonds is 6. The van der Waals surface area contributed by atoms with Crippen LogP contribution in [0.3, 0.4) is 0 Å². The minimum absolute atomic E-state index is 0.00568. The number of carbonyl (C=O) groups excluding carboxylic acids is 1. The molecule has 2 aromatic carbocycles. The summed E-state index contributed by atoms with van der Waals surface area (Å²) in [6, 6.07) is 12.6. The second-order valence-electron chi connectivity index (χ2n) is 7.75. The number of H-pyrrole nitrogens is 1. The fraction of sp³-hybridized carbons (Fsp3) is 0.348. The molecule has 0 radical (unpaired) electrons. The summed E-state index contributed by atoms with van der Waals surface area (Å²) in [6.45, 7) is 3.09. The van der Waals surface area contributed by atoms with Crippen molar-refractivity contribution in [2.75, 3.05) is 40.4 Å². The monoisotopic (exact) mass is 457 g/mol. The van der Waals surface area contributed by atoms with Gasteiger partial charge in [0.05, 0.1) is 20.6 Å². The number of amides is 1. The molecule has 1 amide bonds. The van der Waals surface area contributed by atoms with E-state index >= 15 is 0 Å². The van der Waals surface area contributed by atoms with Gasteiger partial charge in [0.25, 0.3) is 0 Å². The van der Waals surface area contributed by atoms with Gasteiger partial charge in [0.1, 0.15) is 16.4 Å². The van der Waals surface area contributed by atoms with Gasteiger partial charge in [-0.3, -0.25) is 4.79 Å². The number of carbonyl (C=O) groups is 1. The van der Waals surface area contributed by atoms with Gasteiger partial charge in [-0.05, 0) is 30.7 Å². The zero-order chi connectivity index (χ0) is 22.9. The third-order valence-corrected chi connectivity index (χ3v) is 7.85. The Morgan fingerprint density at radius 1 is 1.03 bits per heavy atom. The minimum atomic E-state index is -3.79. The molecular weight excluding hydrogens is 430 g/mol.